The van der Waals surface area contributed by atoms with E-state index < -0.39 is 11.7 Å². The van der Waals surface area contributed by atoms with E-state index >= 15 is 0 Å². The van der Waals surface area contributed by atoms with E-state index in [1.807, 2.05) is 13.0 Å². The van der Waals surface area contributed by atoms with Crippen LogP contribution in [0.15, 0.2) is 29.3 Å². The Bertz CT molecular complexity index is 500. The van der Waals surface area contributed by atoms with Crippen LogP contribution >= 0.6 is 0 Å². The number of amides is 1. The van der Waals surface area contributed by atoms with Gasteiger partial charge >= 0.3 is 6.09 Å². The van der Waals surface area contributed by atoms with Crippen molar-refractivity contribution in [3.05, 3.63) is 29.8 Å². The van der Waals surface area contributed by atoms with Crippen LogP contribution in [0.3, 0.4) is 0 Å². The van der Waals surface area contributed by atoms with Crippen molar-refractivity contribution >= 4 is 17.9 Å². The molecule has 1 unspecified atom stereocenters. The van der Waals surface area contributed by atoms with Crippen molar-refractivity contribution in [1.29, 1.82) is 0 Å². The molecule has 1 amide bonds. The van der Waals surface area contributed by atoms with Crippen LogP contribution < -0.4 is 5.32 Å². The van der Waals surface area contributed by atoms with Gasteiger partial charge < -0.3 is 10.1 Å². The molecule has 5 heteroatoms. The van der Waals surface area contributed by atoms with Gasteiger partial charge in [-0.1, -0.05) is 12.1 Å². The quantitative estimate of drug-likeness (QED) is 0.671. The minimum absolute atomic E-state index is 0.239. The van der Waals surface area contributed by atoms with E-state index in [9.17, 15) is 9.59 Å². The summed E-state index contributed by atoms with van der Waals surface area (Å²) in [7, 11) is 0. The van der Waals surface area contributed by atoms with Gasteiger partial charge in [0.1, 0.15) is 5.60 Å². The maximum Gasteiger partial charge on any atom is 0.408 e. The van der Waals surface area contributed by atoms with Gasteiger partial charge in [-0.25, -0.2) is 9.59 Å². The summed E-state index contributed by atoms with van der Waals surface area (Å²) in [5.74, 6) is 0. The lowest BCUT2D eigenvalue weighted by molar-refractivity contribution is 0.0508. The first-order chi connectivity index (χ1) is 8.81. The monoisotopic (exact) mass is 262 g/mol. The third-order valence-corrected chi connectivity index (χ3v) is 2.28. The largest absolute Gasteiger partial charge is 0.444 e. The number of carbonyl (C=O) groups excluding carboxylic acids is 2. The van der Waals surface area contributed by atoms with Gasteiger partial charge in [0.05, 0.1) is 11.7 Å². The number of hydrogen-bond donors (Lipinski definition) is 1. The second-order valence-corrected chi connectivity index (χ2v) is 5.17. The number of ether oxygens (including phenoxy) is 1. The smallest absolute Gasteiger partial charge is 0.408 e. The Labute approximate surface area is 112 Å². The average molecular weight is 262 g/mol. The lowest BCUT2D eigenvalue weighted by Crippen LogP contribution is -2.34. The predicted octanol–water partition coefficient (Wildman–Crippen LogP) is 3.24. The third-order valence-electron chi connectivity index (χ3n) is 2.28. The average Bonchev–Trinajstić information content (AvgIpc) is 2.27. The molecule has 0 radical (unpaired) electrons. The molecule has 1 aromatic rings. The Balaban J connectivity index is 2.72. The van der Waals surface area contributed by atoms with Crippen LogP contribution in [-0.4, -0.2) is 17.8 Å². The number of carbonyl (C=O) groups is 1. The maximum absolute atomic E-state index is 11.6. The Morgan fingerprint density at radius 2 is 2.11 bits per heavy atom. The molecule has 0 aliphatic carbocycles. The molecule has 19 heavy (non-hydrogen) atoms. The molecular formula is C14H18N2O3. The van der Waals surface area contributed by atoms with Gasteiger partial charge in [0.25, 0.3) is 0 Å². The standard InChI is InChI=1S/C14H18N2O3/c1-10(16-13(18)19-14(2,3)4)11-6-5-7-12(8-11)15-9-17/h5-8,10H,1-4H3,(H,16,18). The molecule has 102 valence electrons. The van der Waals surface area contributed by atoms with E-state index in [4.69, 9.17) is 4.74 Å². The van der Waals surface area contributed by atoms with Crippen LogP contribution in [0.4, 0.5) is 10.5 Å². The summed E-state index contributed by atoms with van der Waals surface area (Å²) in [5, 5.41) is 2.72. The number of nitrogens with one attached hydrogen (secondary N) is 1. The Morgan fingerprint density at radius 3 is 2.68 bits per heavy atom. The lowest BCUT2D eigenvalue weighted by atomic mass is 10.1. The molecule has 1 aromatic carbocycles. The molecule has 1 atom stereocenters. The van der Waals surface area contributed by atoms with E-state index in [2.05, 4.69) is 10.3 Å². The number of hydrogen-bond acceptors (Lipinski definition) is 4. The normalized spacial score (nSPS) is 12.2. The number of rotatable bonds is 3. The van der Waals surface area contributed by atoms with Gasteiger partial charge in [-0.15, -0.1) is 0 Å². The minimum Gasteiger partial charge on any atom is -0.444 e. The number of alkyl carbamates (subject to hydrolysis) is 1. The first-order valence-electron chi connectivity index (χ1n) is 5.99. The molecule has 1 rings (SSSR count). The van der Waals surface area contributed by atoms with Gasteiger partial charge in [-0.2, -0.15) is 4.99 Å². The van der Waals surface area contributed by atoms with Crippen molar-refractivity contribution in [3.8, 4) is 0 Å². The molecule has 0 aliphatic rings. The zero-order valence-corrected chi connectivity index (χ0v) is 11.6. The summed E-state index contributed by atoms with van der Waals surface area (Å²) >= 11 is 0. The zero-order chi connectivity index (χ0) is 14.5. The first kappa shape index (κ1) is 14.9. The van der Waals surface area contributed by atoms with Crippen LogP contribution in [-0.2, 0) is 9.53 Å². The number of benzene rings is 1. The number of isocyanates is 1. The fourth-order valence-electron chi connectivity index (χ4n) is 1.48. The summed E-state index contributed by atoms with van der Waals surface area (Å²) in [6.45, 7) is 7.23. The topological polar surface area (TPSA) is 67.8 Å². The van der Waals surface area contributed by atoms with Gasteiger partial charge in [-0.3, -0.25) is 0 Å². The van der Waals surface area contributed by atoms with Crippen molar-refractivity contribution in [3.63, 3.8) is 0 Å². The van der Waals surface area contributed by atoms with Crippen molar-refractivity contribution in [1.82, 2.24) is 5.32 Å². The van der Waals surface area contributed by atoms with Crippen LogP contribution in [0.2, 0.25) is 0 Å². The molecule has 0 spiro atoms. The van der Waals surface area contributed by atoms with Gasteiger partial charge in [0, 0.05) is 0 Å². The molecule has 0 bridgehead atoms. The van der Waals surface area contributed by atoms with Crippen LogP contribution in [0.1, 0.15) is 39.3 Å². The number of aliphatic imine (C=N–C) groups is 1. The van der Waals surface area contributed by atoms with Crippen LogP contribution in [0.25, 0.3) is 0 Å². The first-order valence-corrected chi connectivity index (χ1v) is 5.99. The highest BCUT2D eigenvalue weighted by molar-refractivity contribution is 5.68. The highest BCUT2D eigenvalue weighted by Gasteiger charge is 2.18. The van der Waals surface area contributed by atoms with Crippen molar-refractivity contribution in [2.75, 3.05) is 0 Å². The SMILES string of the molecule is CC(NC(=O)OC(C)(C)C)c1cccc(N=C=O)c1. The van der Waals surface area contributed by atoms with Gasteiger partial charge in [-0.05, 0) is 45.4 Å². The molecule has 5 nitrogen and oxygen atoms in total. The van der Waals surface area contributed by atoms with Crippen LogP contribution in [0.5, 0.6) is 0 Å². The molecule has 0 heterocycles. The Morgan fingerprint density at radius 1 is 1.42 bits per heavy atom. The minimum atomic E-state index is -0.534. The van der Waals surface area contributed by atoms with Crippen molar-refractivity contribution in [2.45, 2.75) is 39.3 Å². The lowest BCUT2D eigenvalue weighted by Gasteiger charge is -2.22. The van der Waals surface area contributed by atoms with E-state index in [1.54, 1.807) is 39.0 Å². The van der Waals surface area contributed by atoms with Gasteiger partial charge in [0.15, 0.2) is 0 Å². The highest BCUT2D eigenvalue weighted by Crippen LogP contribution is 2.19. The third kappa shape index (κ3) is 5.36. The summed E-state index contributed by atoms with van der Waals surface area (Å²) in [5.41, 5.74) is 0.806. The zero-order valence-electron chi connectivity index (χ0n) is 11.6. The molecular weight excluding hydrogens is 244 g/mol. The van der Waals surface area contributed by atoms with E-state index in [1.165, 1.54) is 6.08 Å². The van der Waals surface area contributed by atoms with E-state index in [0.29, 0.717) is 5.69 Å². The molecule has 1 N–H and O–H groups in total. The highest BCUT2D eigenvalue weighted by atomic mass is 16.6. The summed E-state index contributed by atoms with van der Waals surface area (Å²) in [4.78, 5) is 25.4. The van der Waals surface area contributed by atoms with Gasteiger partial charge in [0.2, 0.25) is 6.08 Å². The van der Waals surface area contributed by atoms with E-state index in [0.717, 1.165) is 5.56 Å². The second-order valence-electron chi connectivity index (χ2n) is 5.17. The molecule has 0 aromatic heterocycles. The Hall–Kier alpha value is -2.13. The number of nitrogens with zero attached hydrogens (tertiary/aromatic N) is 1. The maximum atomic E-state index is 11.6. The molecule has 0 aliphatic heterocycles. The van der Waals surface area contributed by atoms with Crippen molar-refractivity contribution < 1.29 is 14.3 Å². The predicted molar refractivity (Wildman–Crippen MR) is 72.0 cm³/mol. The fourth-order valence-corrected chi connectivity index (χ4v) is 1.48. The van der Waals surface area contributed by atoms with E-state index in [-0.39, 0.29) is 6.04 Å². The van der Waals surface area contributed by atoms with Crippen LogP contribution in [0, 0.1) is 0 Å². The summed E-state index contributed by atoms with van der Waals surface area (Å²) < 4.78 is 5.17. The summed E-state index contributed by atoms with van der Waals surface area (Å²) in [6.07, 6.45) is 1.00. The fraction of sp³-hybridized carbons (Fsp3) is 0.429. The Kier molecular flexibility index (Phi) is 4.84. The molecule has 0 saturated carbocycles. The molecule has 0 fully saturated rings. The molecule has 0 saturated heterocycles. The second kappa shape index (κ2) is 6.16. The summed E-state index contributed by atoms with van der Waals surface area (Å²) in [6, 6.07) is 6.77. The van der Waals surface area contributed by atoms with Crippen molar-refractivity contribution in [2.24, 2.45) is 4.99 Å².